The summed E-state index contributed by atoms with van der Waals surface area (Å²) in [5.41, 5.74) is 6.38. The molecule has 1 saturated heterocycles. The number of hydrogen-bond donors (Lipinski definition) is 1. The van der Waals surface area contributed by atoms with E-state index in [1.807, 2.05) is 17.0 Å². The number of likely N-dealkylation sites (tertiary alicyclic amines) is 1. The molecule has 5 heteroatoms. The Morgan fingerprint density at radius 3 is 3.00 bits per heavy atom. The summed E-state index contributed by atoms with van der Waals surface area (Å²) in [4.78, 5) is 14.7. The van der Waals surface area contributed by atoms with Crippen LogP contribution in [0.4, 0.5) is 0 Å². The van der Waals surface area contributed by atoms with Crippen molar-refractivity contribution in [1.29, 1.82) is 0 Å². The highest BCUT2D eigenvalue weighted by Gasteiger charge is 2.29. The minimum Gasteiger partial charge on any atom is -0.486 e. The lowest BCUT2D eigenvalue weighted by Crippen LogP contribution is -2.47. The molecule has 3 rings (SSSR count). The number of nitrogens with two attached hydrogens (primary N) is 1. The first kappa shape index (κ1) is 13.2. The van der Waals surface area contributed by atoms with Gasteiger partial charge in [0.25, 0.3) is 5.91 Å². The van der Waals surface area contributed by atoms with E-state index in [0.717, 1.165) is 25.8 Å². The number of rotatable bonds is 2. The molecule has 20 heavy (non-hydrogen) atoms. The van der Waals surface area contributed by atoms with Gasteiger partial charge in [0.05, 0.1) is 5.56 Å². The molecule has 5 nitrogen and oxygen atoms in total. The van der Waals surface area contributed by atoms with Crippen molar-refractivity contribution in [2.45, 2.75) is 25.3 Å². The second-order valence-electron chi connectivity index (χ2n) is 5.21. The monoisotopic (exact) mass is 276 g/mol. The maximum Gasteiger partial charge on any atom is 0.258 e. The summed E-state index contributed by atoms with van der Waals surface area (Å²) in [7, 11) is 0. The molecule has 1 atom stereocenters. The molecule has 1 amide bonds. The Labute approximate surface area is 118 Å². The van der Waals surface area contributed by atoms with Gasteiger partial charge in [-0.3, -0.25) is 4.79 Å². The number of carbonyl (C=O) groups excluding carboxylic acids is 1. The summed E-state index contributed by atoms with van der Waals surface area (Å²) in [6.07, 6.45) is 3.15. The van der Waals surface area contributed by atoms with Gasteiger partial charge in [0.2, 0.25) is 0 Å². The SMILES string of the molecule is NCC1CCCCN1C(=O)c1cccc2c1OCCO2. The normalized spacial score (nSPS) is 21.6. The Morgan fingerprint density at radius 1 is 1.30 bits per heavy atom. The Hall–Kier alpha value is -1.75. The van der Waals surface area contributed by atoms with Crippen LogP contribution in [0.15, 0.2) is 18.2 Å². The number of ether oxygens (including phenoxy) is 2. The van der Waals surface area contributed by atoms with E-state index in [0.29, 0.717) is 36.8 Å². The van der Waals surface area contributed by atoms with Gasteiger partial charge >= 0.3 is 0 Å². The van der Waals surface area contributed by atoms with Crippen molar-refractivity contribution < 1.29 is 14.3 Å². The minimum atomic E-state index is 0.00231. The topological polar surface area (TPSA) is 64.8 Å². The Balaban J connectivity index is 1.90. The average Bonchev–Trinajstić information content (AvgIpc) is 2.53. The second-order valence-corrected chi connectivity index (χ2v) is 5.21. The van der Waals surface area contributed by atoms with Crippen molar-refractivity contribution in [2.75, 3.05) is 26.3 Å². The van der Waals surface area contributed by atoms with Crippen molar-refractivity contribution in [3.63, 3.8) is 0 Å². The molecule has 2 aliphatic rings. The molecule has 2 N–H and O–H groups in total. The maximum atomic E-state index is 12.8. The van der Waals surface area contributed by atoms with E-state index in [4.69, 9.17) is 15.2 Å². The first-order chi connectivity index (χ1) is 9.81. The fraction of sp³-hybridized carbons (Fsp3) is 0.533. The number of benzene rings is 1. The molecular weight excluding hydrogens is 256 g/mol. The highest BCUT2D eigenvalue weighted by atomic mass is 16.6. The predicted molar refractivity (Wildman–Crippen MR) is 75.2 cm³/mol. The summed E-state index contributed by atoms with van der Waals surface area (Å²) >= 11 is 0. The Morgan fingerprint density at radius 2 is 2.15 bits per heavy atom. The van der Waals surface area contributed by atoms with Crippen LogP contribution in [0.3, 0.4) is 0 Å². The first-order valence-corrected chi connectivity index (χ1v) is 7.21. The van der Waals surface area contributed by atoms with Gasteiger partial charge in [-0.25, -0.2) is 0 Å². The van der Waals surface area contributed by atoms with E-state index in [2.05, 4.69) is 0 Å². The molecule has 0 bridgehead atoms. The van der Waals surface area contributed by atoms with Crippen molar-refractivity contribution in [3.8, 4) is 11.5 Å². The van der Waals surface area contributed by atoms with Crippen LogP contribution in [0.2, 0.25) is 0 Å². The van der Waals surface area contributed by atoms with E-state index in [1.165, 1.54) is 0 Å². The zero-order valence-electron chi connectivity index (χ0n) is 11.5. The van der Waals surface area contributed by atoms with Gasteiger partial charge in [-0.2, -0.15) is 0 Å². The average molecular weight is 276 g/mol. The Bertz CT molecular complexity index is 504. The lowest BCUT2D eigenvalue weighted by Gasteiger charge is -2.35. The number of piperidine rings is 1. The van der Waals surface area contributed by atoms with Gasteiger partial charge in [-0.15, -0.1) is 0 Å². The molecule has 0 aromatic heterocycles. The zero-order valence-corrected chi connectivity index (χ0v) is 11.5. The number of fused-ring (bicyclic) bond motifs is 1. The van der Waals surface area contributed by atoms with Crippen LogP contribution in [0, 0.1) is 0 Å². The Kier molecular flexibility index (Phi) is 3.78. The fourth-order valence-corrected chi connectivity index (χ4v) is 2.91. The van der Waals surface area contributed by atoms with Crippen LogP contribution in [0.25, 0.3) is 0 Å². The summed E-state index contributed by atoms with van der Waals surface area (Å²) < 4.78 is 11.2. The molecular formula is C15H20N2O3. The van der Waals surface area contributed by atoms with Crippen molar-refractivity contribution in [3.05, 3.63) is 23.8 Å². The molecule has 108 valence electrons. The summed E-state index contributed by atoms with van der Waals surface area (Å²) in [6.45, 7) is 2.29. The molecule has 2 heterocycles. The smallest absolute Gasteiger partial charge is 0.258 e. The van der Waals surface area contributed by atoms with Crippen LogP contribution in [-0.4, -0.2) is 43.2 Å². The van der Waals surface area contributed by atoms with Crippen molar-refractivity contribution in [2.24, 2.45) is 5.73 Å². The predicted octanol–water partition coefficient (Wildman–Crippen LogP) is 1.41. The van der Waals surface area contributed by atoms with Crippen molar-refractivity contribution >= 4 is 5.91 Å². The lowest BCUT2D eigenvalue weighted by molar-refractivity contribution is 0.0614. The highest BCUT2D eigenvalue weighted by Crippen LogP contribution is 2.35. The molecule has 1 fully saturated rings. The fourth-order valence-electron chi connectivity index (χ4n) is 2.91. The van der Waals surface area contributed by atoms with E-state index in [9.17, 15) is 4.79 Å². The third kappa shape index (κ3) is 2.33. The van der Waals surface area contributed by atoms with Gasteiger partial charge < -0.3 is 20.1 Å². The molecule has 1 aromatic carbocycles. The molecule has 0 radical (unpaired) electrons. The maximum absolute atomic E-state index is 12.8. The standard InChI is InChI=1S/C15H20N2O3/c16-10-11-4-1-2-7-17(11)15(18)12-5-3-6-13-14(12)20-9-8-19-13/h3,5-6,11H,1-2,4,7-10,16H2. The molecule has 0 aliphatic carbocycles. The van der Waals surface area contributed by atoms with E-state index in [1.54, 1.807) is 6.07 Å². The lowest BCUT2D eigenvalue weighted by atomic mass is 10.0. The summed E-state index contributed by atoms with van der Waals surface area (Å²) in [5.74, 6) is 1.23. The van der Waals surface area contributed by atoms with Gasteiger partial charge in [-0.05, 0) is 31.4 Å². The third-order valence-corrected chi connectivity index (χ3v) is 3.96. The number of carbonyl (C=O) groups is 1. The molecule has 1 unspecified atom stereocenters. The number of hydrogen-bond acceptors (Lipinski definition) is 4. The van der Waals surface area contributed by atoms with E-state index < -0.39 is 0 Å². The molecule has 1 aromatic rings. The minimum absolute atomic E-state index is 0.00231. The zero-order chi connectivity index (χ0) is 13.9. The summed E-state index contributed by atoms with van der Waals surface area (Å²) in [5, 5.41) is 0. The quantitative estimate of drug-likeness (QED) is 0.887. The van der Waals surface area contributed by atoms with Gasteiger partial charge in [-0.1, -0.05) is 6.07 Å². The largest absolute Gasteiger partial charge is 0.486 e. The number of amides is 1. The van der Waals surface area contributed by atoms with Gasteiger partial charge in [0, 0.05) is 19.1 Å². The highest BCUT2D eigenvalue weighted by molar-refractivity contribution is 5.98. The van der Waals surface area contributed by atoms with Crippen LogP contribution >= 0.6 is 0 Å². The van der Waals surface area contributed by atoms with Crippen LogP contribution in [0.1, 0.15) is 29.6 Å². The number of nitrogens with zero attached hydrogens (tertiary/aromatic N) is 1. The van der Waals surface area contributed by atoms with Gasteiger partial charge in [0.1, 0.15) is 13.2 Å². The number of para-hydroxylation sites is 1. The van der Waals surface area contributed by atoms with Crippen LogP contribution < -0.4 is 15.2 Å². The van der Waals surface area contributed by atoms with Crippen molar-refractivity contribution in [1.82, 2.24) is 4.90 Å². The molecule has 0 spiro atoms. The van der Waals surface area contributed by atoms with Crippen LogP contribution in [0.5, 0.6) is 11.5 Å². The van der Waals surface area contributed by atoms with Gasteiger partial charge in [0.15, 0.2) is 11.5 Å². The molecule has 0 saturated carbocycles. The van der Waals surface area contributed by atoms with E-state index >= 15 is 0 Å². The molecule has 2 aliphatic heterocycles. The van der Waals surface area contributed by atoms with E-state index in [-0.39, 0.29) is 11.9 Å². The second kappa shape index (κ2) is 5.71. The first-order valence-electron chi connectivity index (χ1n) is 7.21. The summed E-state index contributed by atoms with van der Waals surface area (Å²) in [6, 6.07) is 5.61. The van der Waals surface area contributed by atoms with Crippen LogP contribution in [-0.2, 0) is 0 Å². The third-order valence-electron chi connectivity index (χ3n) is 3.96.